The van der Waals surface area contributed by atoms with Crippen molar-refractivity contribution in [2.75, 3.05) is 26.1 Å². The Morgan fingerprint density at radius 3 is 2.31 bits per heavy atom. The highest BCUT2D eigenvalue weighted by Gasteiger charge is 2.18. The Kier molecular flexibility index (Phi) is 8.02. The molecule has 0 fully saturated rings. The molecule has 2 rings (SSSR count). The predicted octanol–water partition coefficient (Wildman–Crippen LogP) is 2.39. The molecular weight excluding hydrogens is 376 g/mol. The van der Waals surface area contributed by atoms with Gasteiger partial charge in [0.05, 0.1) is 26.2 Å². The maximum absolute atomic E-state index is 12.2. The summed E-state index contributed by atoms with van der Waals surface area (Å²) in [4.78, 5) is 36.2. The quantitative estimate of drug-likeness (QED) is 0.627. The molecule has 2 aromatic rings. The number of benzene rings is 2. The van der Waals surface area contributed by atoms with Crippen LogP contribution < -0.4 is 20.1 Å². The van der Waals surface area contributed by atoms with Gasteiger partial charge in [0.1, 0.15) is 11.5 Å². The number of amides is 2. The fourth-order valence-electron chi connectivity index (χ4n) is 2.43. The van der Waals surface area contributed by atoms with Gasteiger partial charge in [0, 0.05) is 12.2 Å². The fourth-order valence-corrected chi connectivity index (χ4v) is 2.43. The van der Waals surface area contributed by atoms with Gasteiger partial charge >= 0.3 is 5.97 Å². The molecule has 0 unspecified atom stereocenters. The van der Waals surface area contributed by atoms with E-state index in [4.69, 9.17) is 14.2 Å². The van der Waals surface area contributed by atoms with E-state index < -0.39 is 18.0 Å². The number of hydrogen-bond donors (Lipinski definition) is 2. The van der Waals surface area contributed by atoms with Gasteiger partial charge in [0.15, 0.2) is 6.10 Å². The first-order chi connectivity index (χ1) is 13.9. The molecule has 1 atom stereocenters. The first-order valence-electron chi connectivity index (χ1n) is 9.00. The number of methoxy groups -OCH3 is 2. The lowest BCUT2D eigenvalue weighted by molar-refractivity contribution is -0.153. The van der Waals surface area contributed by atoms with Crippen molar-refractivity contribution in [2.45, 2.75) is 19.4 Å². The van der Waals surface area contributed by atoms with Gasteiger partial charge < -0.3 is 24.8 Å². The van der Waals surface area contributed by atoms with Crippen molar-refractivity contribution in [1.29, 1.82) is 0 Å². The second kappa shape index (κ2) is 10.7. The molecule has 2 aromatic carbocycles. The van der Waals surface area contributed by atoms with E-state index in [0.717, 1.165) is 0 Å². The van der Waals surface area contributed by atoms with Crippen molar-refractivity contribution >= 4 is 23.5 Å². The Hall–Kier alpha value is -3.55. The lowest BCUT2D eigenvalue weighted by Gasteiger charge is -2.14. The van der Waals surface area contributed by atoms with Crippen LogP contribution in [0.15, 0.2) is 48.5 Å². The van der Waals surface area contributed by atoms with Crippen molar-refractivity contribution in [3.05, 3.63) is 54.1 Å². The molecule has 0 saturated heterocycles. The van der Waals surface area contributed by atoms with Crippen LogP contribution in [0, 0.1) is 0 Å². The van der Waals surface area contributed by atoms with E-state index in [1.807, 2.05) is 0 Å². The number of rotatable bonds is 9. The van der Waals surface area contributed by atoms with Crippen molar-refractivity contribution in [1.82, 2.24) is 5.32 Å². The summed E-state index contributed by atoms with van der Waals surface area (Å²) in [5, 5.41) is 5.28. The summed E-state index contributed by atoms with van der Waals surface area (Å²) >= 11 is 0. The molecule has 2 N–H and O–H groups in total. The Bertz CT molecular complexity index is 851. The number of hydrogen-bond acceptors (Lipinski definition) is 6. The van der Waals surface area contributed by atoms with Crippen LogP contribution in [0.25, 0.3) is 0 Å². The molecule has 0 bridgehead atoms. The van der Waals surface area contributed by atoms with Gasteiger partial charge in [0.2, 0.25) is 0 Å². The van der Waals surface area contributed by atoms with Crippen LogP contribution >= 0.6 is 0 Å². The minimum Gasteiger partial charge on any atom is -0.497 e. The van der Waals surface area contributed by atoms with Crippen LogP contribution in [0.1, 0.15) is 23.7 Å². The maximum Gasteiger partial charge on any atom is 0.308 e. The van der Waals surface area contributed by atoms with E-state index in [0.29, 0.717) is 22.7 Å². The van der Waals surface area contributed by atoms with Crippen LogP contribution in [0.3, 0.4) is 0 Å². The lowest BCUT2D eigenvalue weighted by Crippen LogP contribution is -2.32. The van der Waals surface area contributed by atoms with Crippen molar-refractivity contribution in [3.8, 4) is 11.5 Å². The van der Waals surface area contributed by atoms with Gasteiger partial charge in [-0.25, -0.2) is 0 Å². The van der Waals surface area contributed by atoms with Crippen LogP contribution in [-0.4, -0.2) is 44.7 Å². The molecule has 0 radical (unpaired) electrons. The summed E-state index contributed by atoms with van der Waals surface area (Å²) in [7, 11) is 3.02. The molecule has 0 aliphatic heterocycles. The molecule has 8 heteroatoms. The number of esters is 1. The van der Waals surface area contributed by atoms with E-state index >= 15 is 0 Å². The van der Waals surface area contributed by atoms with Crippen molar-refractivity contribution in [3.63, 3.8) is 0 Å². The normalized spacial score (nSPS) is 11.1. The first kappa shape index (κ1) is 21.7. The van der Waals surface area contributed by atoms with Crippen molar-refractivity contribution < 1.29 is 28.6 Å². The molecule has 0 saturated carbocycles. The molecule has 0 aromatic heterocycles. The van der Waals surface area contributed by atoms with Gasteiger partial charge in [-0.05, 0) is 43.3 Å². The van der Waals surface area contributed by atoms with Crippen LogP contribution in [0.4, 0.5) is 5.69 Å². The Balaban J connectivity index is 1.76. The zero-order chi connectivity index (χ0) is 21.2. The SMILES string of the molecule is COc1ccc(NC(=O)[C@@H](C)OC(=O)CCNC(=O)c2ccccc2OC)cc1. The third-order valence-electron chi connectivity index (χ3n) is 4.00. The topological polar surface area (TPSA) is 103 Å². The second-order valence-corrected chi connectivity index (χ2v) is 6.06. The summed E-state index contributed by atoms with van der Waals surface area (Å²) in [6, 6.07) is 13.5. The Labute approximate surface area is 169 Å². The van der Waals surface area contributed by atoms with E-state index in [2.05, 4.69) is 10.6 Å². The Morgan fingerprint density at radius 2 is 1.66 bits per heavy atom. The number of anilines is 1. The molecule has 154 valence electrons. The number of para-hydroxylation sites is 1. The summed E-state index contributed by atoms with van der Waals surface area (Å²) in [5.41, 5.74) is 0.929. The second-order valence-electron chi connectivity index (χ2n) is 6.06. The van der Waals surface area contributed by atoms with E-state index in [1.54, 1.807) is 55.6 Å². The number of carbonyl (C=O) groups is 3. The molecular formula is C21H24N2O6. The highest BCUT2D eigenvalue weighted by molar-refractivity contribution is 5.97. The van der Waals surface area contributed by atoms with Crippen molar-refractivity contribution in [2.24, 2.45) is 0 Å². The third-order valence-corrected chi connectivity index (χ3v) is 4.00. The highest BCUT2D eigenvalue weighted by atomic mass is 16.5. The van der Waals surface area contributed by atoms with Gasteiger partial charge in [-0.2, -0.15) is 0 Å². The summed E-state index contributed by atoms with van der Waals surface area (Å²) in [6.07, 6.45) is -1.05. The van der Waals surface area contributed by atoms with E-state index in [9.17, 15) is 14.4 Å². The van der Waals surface area contributed by atoms with Gasteiger partial charge in [0.25, 0.3) is 11.8 Å². The molecule has 0 heterocycles. The predicted molar refractivity (Wildman–Crippen MR) is 107 cm³/mol. The summed E-state index contributed by atoms with van der Waals surface area (Å²) in [5.74, 6) is -0.307. The molecule has 0 spiro atoms. The van der Waals surface area contributed by atoms with Crippen LogP contribution in [0.5, 0.6) is 11.5 Å². The zero-order valence-electron chi connectivity index (χ0n) is 16.6. The molecule has 29 heavy (non-hydrogen) atoms. The molecule has 0 aliphatic rings. The average molecular weight is 400 g/mol. The standard InChI is InChI=1S/C21H24N2O6/c1-14(20(25)23-15-8-10-16(27-2)11-9-15)29-19(24)12-13-22-21(26)17-6-4-5-7-18(17)28-3/h4-11,14H,12-13H2,1-3H3,(H,22,26)(H,23,25)/t14-/m1/s1. The van der Waals surface area contributed by atoms with Gasteiger partial charge in [-0.15, -0.1) is 0 Å². The summed E-state index contributed by atoms with van der Waals surface area (Å²) in [6.45, 7) is 1.55. The molecule has 8 nitrogen and oxygen atoms in total. The average Bonchev–Trinajstić information content (AvgIpc) is 2.74. The molecule has 0 aliphatic carbocycles. The number of carbonyl (C=O) groups excluding carboxylic acids is 3. The Morgan fingerprint density at radius 1 is 0.966 bits per heavy atom. The number of ether oxygens (including phenoxy) is 3. The zero-order valence-corrected chi connectivity index (χ0v) is 16.6. The highest BCUT2D eigenvalue weighted by Crippen LogP contribution is 2.17. The van der Waals surface area contributed by atoms with Gasteiger partial charge in [-0.1, -0.05) is 12.1 Å². The smallest absolute Gasteiger partial charge is 0.308 e. The molecule has 2 amide bonds. The maximum atomic E-state index is 12.2. The van der Waals surface area contributed by atoms with Crippen LogP contribution in [-0.2, 0) is 14.3 Å². The fraction of sp³-hybridized carbons (Fsp3) is 0.286. The summed E-state index contributed by atoms with van der Waals surface area (Å²) < 4.78 is 15.3. The third kappa shape index (κ3) is 6.53. The van der Waals surface area contributed by atoms with Crippen LogP contribution in [0.2, 0.25) is 0 Å². The lowest BCUT2D eigenvalue weighted by atomic mass is 10.2. The minimum absolute atomic E-state index is 0.0684. The first-order valence-corrected chi connectivity index (χ1v) is 9.00. The largest absolute Gasteiger partial charge is 0.497 e. The minimum atomic E-state index is -0.977. The van der Waals surface area contributed by atoms with E-state index in [1.165, 1.54) is 14.0 Å². The van der Waals surface area contributed by atoms with Gasteiger partial charge in [-0.3, -0.25) is 14.4 Å². The monoisotopic (exact) mass is 400 g/mol. The van der Waals surface area contributed by atoms with E-state index in [-0.39, 0.29) is 18.9 Å². The number of nitrogens with one attached hydrogen (secondary N) is 2.